The number of amides is 2. The van der Waals surface area contributed by atoms with Crippen LogP contribution in [-0.4, -0.2) is 48.7 Å². The Morgan fingerprint density at radius 1 is 1.20 bits per heavy atom. The molecule has 2 rings (SSSR count). The Morgan fingerprint density at radius 3 is 2.40 bits per heavy atom. The van der Waals surface area contributed by atoms with Gasteiger partial charge in [-0.3, -0.25) is 9.59 Å². The molecule has 1 atom stereocenters. The van der Waals surface area contributed by atoms with Crippen LogP contribution in [-0.2, 0) is 14.8 Å². The molecule has 1 heterocycles. The molecule has 2 N–H and O–H groups in total. The van der Waals surface area contributed by atoms with Gasteiger partial charge in [0.1, 0.15) is 6.04 Å². The first-order valence-corrected chi connectivity index (χ1v) is 12.1. The summed E-state index contributed by atoms with van der Waals surface area (Å²) in [5.41, 5.74) is 0.971. The quantitative estimate of drug-likeness (QED) is 0.608. The number of nitrogens with zero attached hydrogens (tertiary/aromatic N) is 2. The Morgan fingerprint density at radius 2 is 1.87 bits per heavy atom. The number of benzene rings is 1. The van der Waals surface area contributed by atoms with Crippen LogP contribution in [0.15, 0.2) is 34.5 Å². The molecule has 0 aliphatic heterocycles. The highest BCUT2D eigenvalue weighted by atomic mass is 32.2. The Bertz CT molecular complexity index is 998. The number of thiazole rings is 1. The van der Waals surface area contributed by atoms with Gasteiger partial charge in [0.2, 0.25) is 15.9 Å². The summed E-state index contributed by atoms with van der Waals surface area (Å²) in [6.07, 6.45) is 0. The zero-order valence-electron chi connectivity index (χ0n) is 17.8. The van der Waals surface area contributed by atoms with E-state index in [0.29, 0.717) is 18.2 Å². The molecule has 30 heavy (non-hydrogen) atoms. The predicted octanol–water partition coefficient (Wildman–Crippen LogP) is 2.88. The Kier molecular flexibility index (Phi) is 8.10. The summed E-state index contributed by atoms with van der Waals surface area (Å²) in [5.74, 6) is -1.08. The number of hydrogen-bond acceptors (Lipinski definition) is 6. The van der Waals surface area contributed by atoms with Gasteiger partial charge in [0.15, 0.2) is 5.13 Å². The number of hydrogen-bond donors (Lipinski definition) is 2. The minimum absolute atomic E-state index is 0.0441. The van der Waals surface area contributed by atoms with E-state index in [-0.39, 0.29) is 22.3 Å². The van der Waals surface area contributed by atoms with Crippen LogP contribution in [0.25, 0.3) is 0 Å². The molecular formula is C20H28N4O4S2. The molecule has 10 heteroatoms. The molecule has 0 radical (unpaired) electrons. The summed E-state index contributed by atoms with van der Waals surface area (Å²) < 4.78 is 26.8. The van der Waals surface area contributed by atoms with E-state index in [2.05, 4.69) is 15.6 Å². The minimum atomic E-state index is -3.69. The average Bonchev–Trinajstić information content (AvgIpc) is 3.10. The molecule has 0 saturated heterocycles. The first kappa shape index (κ1) is 24.0. The minimum Gasteiger partial charge on any atom is -0.340 e. The summed E-state index contributed by atoms with van der Waals surface area (Å²) in [7, 11) is -3.69. The predicted molar refractivity (Wildman–Crippen MR) is 118 cm³/mol. The lowest BCUT2D eigenvalue weighted by molar-refractivity contribution is -0.118. The summed E-state index contributed by atoms with van der Waals surface area (Å²) in [6.45, 7) is 9.65. The van der Waals surface area contributed by atoms with Crippen molar-refractivity contribution < 1.29 is 18.0 Å². The fourth-order valence-electron chi connectivity index (χ4n) is 2.86. The van der Waals surface area contributed by atoms with Crippen molar-refractivity contribution in [3.63, 3.8) is 0 Å². The van der Waals surface area contributed by atoms with Gasteiger partial charge in [-0.2, -0.15) is 4.31 Å². The zero-order valence-corrected chi connectivity index (χ0v) is 19.4. The van der Waals surface area contributed by atoms with Crippen molar-refractivity contribution in [1.29, 1.82) is 0 Å². The van der Waals surface area contributed by atoms with E-state index in [4.69, 9.17) is 0 Å². The molecule has 0 aliphatic carbocycles. The molecule has 8 nitrogen and oxygen atoms in total. The third-order valence-electron chi connectivity index (χ3n) is 4.52. The Hall–Kier alpha value is -2.30. The fourth-order valence-corrected chi connectivity index (χ4v) is 5.06. The second kappa shape index (κ2) is 10.1. The first-order chi connectivity index (χ1) is 14.1. The van der Waals surface area contributed by atoms with Gasteiger partial charge < -0.3 is 10.6 Å². The highest BCUT2D eigenvalue weighted by Crippen LogP contribution is 2.18. The lowest BCUT2D eigenvalue weighted by atomic mass is 10.0. The molecule has 164 valence electrons. The third kappa shape index (κ3) is 5.65. The summed E-state index contributed by atoms with van der Waals surface area (Å²) >= 11 is 1.31. The number of aryl methyl sites for hydroxylation is 1. The van der Waals surface area contributed by atoms with Gasteiger partial charge >= 0.3 is 0 Å². The monoisotopic (exact) mass is 452 g/mol. The normalized spacial score (nSPS) is 12.8. The van der Waals surface area contributed by atoms with E-state index in [1.54, 1.807) is 13.8 Å². The maximum absolute atomic E-state index is 12.8. The highest BCUT2D eigenvalue weighted by molar-refractivity contribution is 7.89. The molecule has 0 bridgehead atoms. The maximum atomic E-state index is 12.8. The highest BCUT2D eigenvalue weighted by Gasteiger charge is 2.27. The van der Waals surface area contributed by atoms with Crippen LogP contribution in [0.3, 0.4) is 0 Å². The lowest BCUT2D eigenvalue weighted by Gasteiger charge is -2.22. The average molecular weight is 453 g/mol. The number of anilines is 1. The van der Waals surface area contributed by atoms with Gasteiger partial charge in [-0.15, -0.1) is 11.3 Å². The van der Waals surface area contributed by atoms with Crippen molar-refractivity contribution in [3.05, 3.63) is 40.9 Å². The van der Waals surface area contributed by atoms with Crippen molar-refractivity contribution in [3.8, 4) is 0 Å². The number of nitrogens with one attached hydrogen (secondary N) is 2. The molecule has 2 aromatic rings. The molecule has 0 fully saturated rings. The van der Waals surface area contributed by atoms with Gasteiger partial charge in [-0.05, 0) is 31.0 Å². The van der Waals surface area contributed by atoms with Gasteiger partial charge in [0.05, 0.1) is 10.6 Å². The van der Waals surface area contributed by atoms with Crippen molar-refractivity contribution in [2.45, 2.75) is 45.6 Å². The number of carbonyl (C=O) groups excluding carboxylic acids is 2. The number of rotatable bonds is 9. The van der Waals surface area contributed by atoms with Gasteiger partial charge in [-0.1, -0.05) is 33.8 Å². The van der Waals surface area contributed by atoms with Crippen LogP contribution >= 0.6 is 11.3 Å². The molecule has 1 aromatic carbocycles. The van der Waals surface area contributed by atoms with Crippen LogP contribution in [0.5, 0.6) is 0 Å². The third-order valence-corrected chi connectivity index (χ3v) is 7.45. The summed E-state index contributed by atoms with van der Waals surface area (Å²) in [5, 5.41) is 7.71. The van der Waals surface area contributed by atoms with Crippen LogP contribution in [0.2, 0.25) is 0 Å². The number of aromatic nitrogens is 1. The van der Waals surface area contributed by atoms with E-state index in [1.165, 1.54) is 39.9 Å². The van der Waals surface area contributed by atoms with Crippen LogP contribution < -0.4 is 10.6 Å². The number of carbonyl (C=O) groups is 2. The van der Waals surface area contributed by atoms with Crippen LogP contribution in [0.4, 0.5) is 5.13 Å². The van der Waals surface area contributed by atoms with E-state index in [9.17, 15) is 18.0 Å². The first-order valence-electron chi connectivity index (χ1n) is 9.74. The van der Waals surface area contributed by atoms with Crippen molar-refractivity contribution in [1.82, 2.24) is 14.6 Å². The molecular weight excluding hydrogens is 424 g/mol. The van der Waals surface area contributed by atoms with Gasteiger partial charge in [-0.25, -0.2) is 13.4 Å². The zero-order chi connectivity index (χ0) is 22.5. The van der Waals surface area contributed by atoms with E-state index in [0.717, 1.165) is 5.69 Å². The van der Waals surface area contributed by atoms with Crippen LogP contribution in [0, 0.1) is 12.8 Å². The molecule has 2 amide bonds. The molecule has 0 saturated carbocycles. The summed E-state index contributed by atoms with van der Waals surface area (Å²) in [6, 6.07) is 5.04. The van der Waals surface area contributed by atoms with E-state index >= 15 is 0 Å². The van der Waals surface area contributed by atoms with Crippen molar-refractivity contribution >= 4 is 38.3 Å². The van der Waals surface area contributed by atoms with E-state index in [1.807, 2.05) is 26.2 Å². The standard InChI is InChI=1S/C20H28N4O4S2/c1-6-24(7-2)30(27,28)16-10-8-9-15(11-16)18(25)22-17(13(3)4)19(26)23-20-21-14(5)12-29-20/h8-13,17H,6-7H2,1-5H3,(H,22,25)(H,21,23,26)/t17-/m0/s1. The molecule has 1 aromatic heterocycles. The van der Waals surface area contributed by atoms with Crippen molar-refractivity contribution in [2.24, 2.45) is 5.92 Å². The second-order valence-corrected chi connectivity index (χ2v) is 9.89. The fraction of sp³-hybridized carbons (Fsp3) is 0.450. The summed E-state index contributed by atoms with van der Waals surface area (Å²) in [4.78, 5) is 29.7. The van der Waals surface area contributed by atoms with Crippen molar-refractivity contribution in [2.75, 3.05) is 18.4 Å². The Balaban J connectivity index is 2.21. The topological polar surface area (TPSA) is 108 Å². The maximum Gasteiger partial charge on any atom is 0.251 e. The van der Waals surface area contributed by atoms with Gasteiger partial charge in [0.25, 0.3) is 5.91 Å². The van der Waals surface area contributed by atoms with Crippen LogP contribution in [0.1, 0.15) is 43.7 Å². The van der Waals surface area contributed by atoms with E-state index < -0.39 is 22.0 Å². The Labute approximate surface area is 181 Å². The smallest absolute Gasteiger partial charge is 0.251 e. The SMILES string of the molecule is CCN(CC)S(=O)(=O)c1cccc(C(=O)N[C@H](C(=O)Nc2nc(C)cs2)C(C)C)c1. The molecule has 0 unspecified atom stereocenters. The number of sulfonamides is 1. The lowest BCUT2D eigenvalue weighted by Crippen LogP contribution is -2.47. The molecule has 0 aliphatic rings. The second-order valence-electron chi connectivity index (χ2n) is 7.10. The largest absolute Gasteiger partial charge is 0.340 e. The van der Waals surface area contributed by atoms with Gasteiger partial charge in [0, 0.05) is 24.0 Å². The molecule has 0 spiro atoms.